The summed E-state index contributed by atoms with van der Waals surface area (Å²) in [4.78, 5) is 10.6. The molecule has 3 aliphatic rings. The predicted molar refractivity (Wildman–Crippen MR) is 108 cm³/mol. The number of rotatable bonds is 11. The third-order valence-electron chi connectivity index (χ3n) is 7.22. The quantitative estimate of drug-likeness (QED) is 0.305. The van der Waals surface area contributed by atoms with E-state index >= 15 is 0 Å². The van der Waals surface area contributed by atoms with Crippen molar-refractivity contribution >= 4 is 17.1 Å². The van der Waals surface area contributed by atoms with Crippen LogP contribution in [-0.4, -0.2) is 27.1 Å². The molecule has 1 unspecified atom stereocenters. The Morgan fingerprint density at radius 2 is 1.81 bits per heavy atom. The molecular formula is C22H36O3S. The number of aliphatic carboxylic acids is 1. The predicted octanol–water partition coefficient (Wildman–Crippen LogP) is 5.18. The molecule has 0 spiro atoms. The highest BCUT2D eigenvalue weighted by atomic mass is 32.2. The number of carbonyl (C=O) groups is 1. The molecule has 0 amide bonds. The number of allylic oxidation sites excluding steroid dienone is 2. The van der Waals surface area contributed by atoms with Gasteiger partial charge < -0.3 is 9.66 Å². The number of carboxylic acids is 1. The molecule has 0 radical (unpaired) electrons. The van der Waals surface area contributed by atoms with Crippen LogP contribution in [0.1, 0.15) is 77.0 Å². The Labute approximate surface area is 162 Å². The molecule has 0 aromatic heterocycles. The maximum atomic E-state index is 12.7. The first-order chi connectivity index (χ1) is 12.6. The van der Waals surface area contributed by atoms with Crippen molar-refractivity contribution in [2.75, 3.05) is 11.5 Å². The van der Waals surface area contributed by atoms with Crippen molar-refractivity contribution in [1.82, 2.24) is 0 Å². The molecule has 0 saturated heterocycles. The van der Waals surface area contributed by atoms with E-state index in [1.807, 2.05) is 0 Å². The second-order valence-corrected chi connectivity index (χ2v) is 10.5. The van der Waals surface area contributed by atoms with Crippen LogP contribution in [0.4, 0.5) is 0 Å². The van der Waals surface area contributed by atoms with E-state index in [1.54, 1.807) is 0 Å². The first-order valence-corrected chi connectivity index (χ1v) is 12.3. The third-order valence-corrected chi connectivity index (χ3v) is 8.67. The molecule has 3 rings (SSSR count). The van der Waals surface area contributed by atoms with Gasteiger partial charge in [-0.3, -0.25) is 4.79 Å². The zero-order chi connectivity index (χ0) is 18.4. The van der Waals surface area contributed by atoms with Crippen molar-refractivity contribution in [2.45, 2.75) is 77.0 Å². The molecule has 0 aromatic carbocycles. The molecule has 148 valence electrons. The standard InChI is InChI=1S/C22H36O3S/c23-22(24)10-4-2-1-3-9-20-18-11-12-19(15-18)21(20)16-26(25)14-13-17-7-5-6-8-17/h1,3,17-21H,2,4-16H2,(H,23,24)/b3-1-/t18-,19+,20-,21+,26?/m0/s1. The van der Waals surface area contributed by atoms with Crippen molar-refractivity contribution < 1.29 is 14.5 Å². The molecule has 0 heterocycles. The molecule has 3 fully saturated rings. The van der Waals surface area contributed by atoms with Gasteiger partial charge in [0.05, 0.1) is 0 Å². The summed E-state index contributed by atoms with van der Waals surface area (Å²) in [6, 6.07) is 0. The highest BCUT2D eigenvalue weighted by Gasteiger charge is 2.48. The van der Waals surface area contributed by atoms with Gasteiger partial charge in [-0.2, -0.15) is 0 Å². The zero-order valence-corrected chi connectivity index (χ0v) is 16.9. The molecule has 2 bridgehead atoms. The lowest BCUT2D eigenvalue weighted by molar-refractivity contribution is -0.137. The van der Waals surface area contributed by atoms with E-state index in [2.05, 4.69) is 12.2 Å². The van der Waals surface area contributed by atoms with Crippen molar-refractivity contribution in [2.24, 2.45) is 29.6 Å². The summed E-state index contributed by atoms with van der Waals surface area (Å²) in [5.41, 5.74) is 0. The highest BCUT2D eigenvalue weighted by Crippen LogP contribution is 2.54. The lowest BCUT2D eigenvalue weighted by Crippen LogP contribution is -2.30. The average Bonchev–Trinajstić information content (AvgIpc) is 3.34. The fourth-order valence-corrected chi connectivity index (χ4v) is 7.51. The Bertz CT molecular complexity index is 472. The van der Waals surface area contributed by atoms with Crippen LogP contribution in [0.3, 0.4) is 0 Å². The van der Waals surface area contributed by atoms with Gasteiger partial charge in [-0.25, -0.2) is 0 Å². The number of unbranched alkanes of at least 4 members (excludes halogenated alkanes) is 1. The third kappa shape index (κ3) is 5.76. The van der Waals surface area contributed by atoms with Gasteiger partial charge in [-0.15, -0.1) is 0 Å². The molecular weight excluding hydrogens is 344 g/mol. The molecule has 4 heteroatoms. The van der Waals surface area contributed by atoms with Crippen LogP contribution >= 0.6 is 0 Å². The Balaban J connectivity index is 1.41. The van der Waals surface area contributed by atoms with E-state index in [1.165, 1.54) is 51.4 Å². The van der Waals surface area contributed by atoms with Crippen LogP contribution in [0.15, 0.2) is 12.2 Å². The van der Waals surface area contributed by atoms with E-state index in [-0.39, 0.29) is 6.42 Å². The molecule has 1 N–H and O–H groups in total. The molecule has 3 nitrogen and oxygen atoms in total. The lowest BCUT2D eigenvalue weighted by atomic mass is 9.78. The Kier molecular flexibility index (Phi) is 7.92. The van der Waals surface area contributed by atoms with Crippen molar-refractivity contribution in [3.63, 3.8) is 0 Å². The second-order valence-electron chi connectivity index (χ2n) is 8.90. The van der Waals surface area contributed by atoms with E-state index in [4.69, 9.17) is 5.11 Å². The first-order valence-electron chi connectivity index (χ1n) is 10.8. The van der Waals surface area contributed by atoms with E-state index < -0.39 is 17.1 Å². The van der Waals surface area contributed by atoms with Crippen LogP contribution in [0, 0.1) is 29.6 Å². The monoisotopic (exact) mass is 380 g/mol. The Hall–Kier alpha value is -0.480. The summed E-state index contributed by atoms with van der Waals surface area (Å²) in [6.07, 6.45) is 18.2. The number of hydrogen-bond donors (Lipinski definition) is 1. The van der Waals surface area contributed by atoms with Gasteiger partial charge >= 0.3 is 5.97 Å². The minimum Gasteiger partial charge on any atom is -0.616 e. The molecule has 0 aliphatic heterocycles. The highest BCUT2D eigenvalue weighted by molar-refractivity contribution is 7.91. The van der Waals surface area contributed by atoms with Gasteiger partial charge in [0.1, 0.15) is 11.5 Å². The van der Waals surface area contributed by atoms with Gasteiger partial charge in [0.25, 0.3) is 0 Å². The van der Waals surface area contributed by atoms with Crippen LogP contribution in [0.5, 0.6) is 0 Å². The van der Waals surface area contributed by atoms with Gasteiger partial charge in [0.2, 0.25) is 0 Å². The molecule has 3 saturated carbocycles. The Morgan fingerprint density at radius 3 is 2.54 bits per heavy atom. The first kappa shape index (κ1) is 20.3. The molecule has 5 atom stereocenters. The summed E-state index contributed by atoms with van der Waals surface area (Å²) in [6.45, 7) is 0. The van der Waals surface area contributed by atoms with Crippen LogP contribution in [-0.2, 0) is 16.0 Å². The summed E-state index contributed by atoms with van der Waals surface area (Å²) in [5.74, 6) is 5.07. The average molecular weight is 381 g/mol. The van der Waals surface area contributed by atoms with E-state index in [0.29, 0.717) is 5.92 Å². The number of carboxylic acid groups (broad SMARTS) is 1. The summed E-state index contributed by atoms with van der Waals surface area (Å²) in [7, 11) is 0. The summed E-state index contributed by atoms with van der Waals surface area (Å²) >= 11 is -0.633. The largest absolute Gasteiger partial charge is 0.616 e. The smallest absolute Gasteiger partial charge is 0.303 e. The van der Waals surface area contributed by atoms with Crippen LogP contribution < -0.4 is 0 Å². The Morgan fingerprint density at radius 1 is 1.08 bits per heavy atom. The second kappa shape index (κ2) is 10.2. The normalized spacial score (nSPS) is 32.7. The van der Waals surface area contributed by atoms with Crippen molar-refractivity contribution in [3.8, 4) is 0 Å². The topological polar surface area (TPSA) is 60.4 Å². The zero-order valence-electron chi connectivity index (χ0n) is 16.1. The van der Waals surface area contributed by atoms with Gasteiger partial charge in [0.15, 0.2) is 0 Å². The minimum atomic E-state index is -0.702. The fraction of sp³-hybridized carbons (Fsp3) is 0.864. The lowest BCUT2D eigenvalue weighted by Gasteiger charge is -2.31. The SMILES string of the molecule is O=C(O)CCC/C=C\C[C@H]1[C@H]2CC[C@H](C2)[C@H]1C[S+]([O-])CCC1CCCC1. The number of hydrogen-bond acceptors (Lipinski definition) is 2. The van der Waals surface area contributed by atoms with Crippen LogP contribution in [0.2, 0.25) is 0 Å². The fourth-order valence-electron chi connectivity index (χ4n) is 5.79. The number of fused-ring (bicyclic) bond motifs is 2. The van der Waals surface area contributed by atoms with Gasteiger partial charge in [-0.05, 0) is 68.6 Å². The van der Waals surface area contributed by atoms with Gasteiger partial charge in [-0.1, -0.05) is 49.0 Å². The van der Waals surface area contributed by atoms with E-state index in [0.717, 1.165) is 54.4 Å². The van der Waals surface area contributed by atoms with E-state index in [9.17, 15) is 9.35 Å². The molecule has 3 aliphatic carbocycles. The van der Waals surface area contributed by atoms with Crippen LogP contribution in [0.25, 0.3) is 0 Å². The summed E-state index contributed by atoms with van der Waals surface area (Å²) < 4.78 is 12.7. The van der Waals surface area contributed by atoms with Crippen molar-refractivity contribution in [3.05, 3.63) is 12.2 Å². The van der Waals surface area contributed by atoms with Crippen molar-refractivity contribution in [1.29, 1.82) is 0 Å². The maximum Gasteiger partial charge on any atom is 0.303 e. The molecule has 26 heavy (non-hydrogen) atoms. The minimum absolute atomic E-state index is 0.265. The van der Waals surface area contributed by atoms with Gasteiger partial charge in [0, 0.05) is 12.3 Å². The maximum absolute atomic E-state index is 12.7. The molecule has 0 aromatic rings. The summed E-state index contributed by atoms with van der Waals surface area (Å²) in [5, 5.41) is 8.69.